The van der Waals surface area contributed by atoms with Crippen LogP contribution in [0, 0.1) is 0 Å². The molecule has 2 aromatic carbocycles. The van der Waals surface area contributed by atoms with E-state index in [0.29, 0.717) is 28.2 Å². The number of nitrogens with zero attached hydrogens (tertiary/aromatic N) is 4. The summed E-state index contributed by atoms with van der Waals surface area (Å²) < 4.78 is 7.53. The Hall–Kier alpha value is -2.71. The Kier molecular flexibility index (Phi) is 6.99. The second-order valence-corrected chi connectivity index (χ2v) is 8.38. The van der Waals surface area contributed by atoms with Gasteiger partial charge in [0, 0.05) is 13.1 Å². The van der Waals surface area contributed by atoms with Crippen LogP contribution in [0.3, 0.4) is 0 Å². The number of thioether (sulfide) groups is 1. The molecule has 0 unspecified atom stereocenters. The van der Waals surface area contributed by atoms with Gasteiger partial charge in [0.2, 0.25) is 11.9 Å². The lowest BCUT2D eigenvalue weighted by Gasteiger charge is -2.19. The molecule has 0 radical (unpaired) electrons. The highest BCUT2D eigenvalue weighted by atomic mass is 35.5. The van der Waals surface area contributed by atoms with Crippen LogP contribution in [0.2, 0.25) is 5.02 Å². The van der Waals surface area contributed by atoms with Gasteiger partial charge in [0.25, 0.3) is 0 Å². The lowest BCUT2D eigenvalue weighted by molar-refractivity contribution is -0.113. The Labute approximate surface area is 190 Å². The van der Waals surface area contributed by atoms with Crippen LogP contribution in [0.5, 0.6) is 5.75 Å². The summed E-state index contributed by atoms with van der Waals surface area (Å²) in [6.07, 6.45) is 2.25. The Bertz CT molecular complexity index is 1050. The summed E-state index contributed by atoms with van der Waals surface area (Å²) in [5.74, 6) is 1.45. The number of amides is 1. The summed E-state index contributed by atoms with van der Waals surface area (Å²) in [5.41, 5.74) is 1.46. The van der Waals surface area contributed by atoms with Gasteiger partial charge in [-0.05, 0) is 44.0 Å². The number of para-hydroxylation sites is 3. The van der Waals surface area contributed by atoms with E-state index < -0.39 is 0 Å². The van der Waals surface area contributed by atoms with Crippen molar-refractivity contribution in [3.63, 3.8) is 0 Å². The molecule has 1 saturated heterocycles. The first-order chi connectivity index (χ1) is 15.2. The second kappa shape index (κ2) is 10.1. The Balaban J connectivity index is 1.54. The fourth-order valence-electron chi connectivity index (χ4n) is 3.49. The van der Waals surface area contributed by atoms with E-state index in [2.05, 4.69) is 20.4 Å². The van der Waals surface area contributed by atoms with Crippen molar-refractivity contribution in [2.75, 3.05) is 35.7 Å². The zero-order valence-electron chi connectivity index (χ0n) is 17.3. The molecule has 1 aromatic heterocycles. The smallest absolute Gasteiger partial charge is 0.234 e. The Morgan fingerprint density at radius 3 is 2.65 bits per heavy atom. The molecule has 0 spiro atoms. The third kappa shape index (κ3) is 4.97. The third-order valence-corrected chi connectivity index (χ3v) is 6.14. The van der Waals surface area contributed by atoms with Gasteiger partial charge in [-0.2, -0.15) is 0 Å². The van der Waals surface area contributed by atoms with Crippen LogP contribution >= 0.6 is 23.4 Å². The summed E-state index contributed by atoms with van der Waals surface area (Å²) >= 11 is 7.81. The minimum Gasteiger partial charge on any atom is -0.492 e. The van der Waals surface area contributed by atoms with Crippen molar-refractivity contribution in [1.29, 1.82) is 0 Å². The summed E-state index contributed by atoms with van der Waals surface area (Å²) in [6.45, 7) is 4.31. The predicted molar refractivity (Wildman–Crippen MR) is 125 cm³/mol. The summed E-state index contributed by atoms with van der Waals surface area (Å²) in [4.78, 5) is 14.8. The molecular weight excluding hydrogens is 434 g/mol. The van der Waals surface area contributed by atoms with Crippen LogP contribution in [-0.2, 0) is 4.79 Å². The van der Waals surface area contributed by atoms with Gasteiger partial charge < -0.3 is 15.0 Å². The summed E-state index contributed by atoms with van der Waals surface area (Å²) in [5, 5.41) is 13.0. The van der Waals surface area contributed by atoms with Crippen molar-refractivity contribution in [1.82, 2.24) is 14.8 Å². The summed E-state index contributed by atoms with van der Waals surface area (Å²) in [7, 11) is 0. The van der Waals surface area contributed by atoms with Crippen LogP contribution in [0.1, 0.15) is 19.8 Å². The fourth-order valence-corrected chi connectivity index (χ4v) is 4.45. The quantitative estimate of drug-likeness (QED) is 0.496. The van der Waals surface area contributed by atoms with E-state index in [-0.39, 0.29) is 11.7 Å². The van der Waals surface area contributed by atoms with Gasteiger partial charge in [0.1, 0.15) is 5.75 Å². The van der Waals surface area contributed by atoms with Gasteiger partial charge in [-0.15, -0.1) is 10.2 Å². The van der Waals surface area contributed by atoms with E-state index in [0.717, 1.165) is 37.6 Å². The highest BCUT2D eigenvalue weighted by molar-refractivity contribution is 7.99. The van der Waals surface area contributed by atoms with Gasteiger partial charge in [-0.25, -0.2) is 0 Å². The lowest BCUT2D eigenvalue weighted by Crippen LogP contribution is -2.22. The molecule has 0 atom stereocenters. The molecule has 1 amide bonds. The SMILES string of the molecule is CCOc1ccccc1NC(=O)CSc1nnc(N2CCCC2)n1-c1ccccc1Cl. The first-order valence-electron chi connectivity index (χ1n) is 10.3. The zero-order chi connectivity index (χ0) is 21.6. The van der Waals surface area contributed by atoms with Gasteiger partial charge in [0.05, 0.1) is 28.8 Å². The van der Waals surface area contributed by atoms with Crippen molar-refractivity contribution in [3.05, 3.63) is 53.6 Å². The lowest BCUT2D eigenvalue weighted by atomic mass is 10.3. The topological polar surface area (TPSA) is 72.3 Å². The van der Waals surface area contributed by atoms with Crippen LogP contribution < -0.4 is 15.0 Å². The van der Waals surface area contributed by atoms with Crippen molar-refractivity contribution in [2.45, 2.75) is 24.9 Å². The van der Waals surface area contributed by atoms with Crippen molar-refractivity contribution < 1.29 is 9.53 Å². The maximum Gasteiger partial charge on any atom is 0.234 e. The molecule has 162 valence electrons. The van der Waals surface area contributed by atoms with E-state index in [9.17, 15) is 4.79 Å². The van der Waals surface area contributed by atoms with Crippen molar-refractivity contribution in [3.8, 4) is 11.4 Å². The van der Waals surface area contributed by atoms with Crippen molar-refractivity contribution in [2.24, 2.45) is 0 Å². The monoisotopic (exact) mass is 457 g/mol. The van der Waals surface area contributed by atoms with Crippen LogP contribution in [0.4, 0.5) is 11.6 Å². The maximum absolute atomic E-state index is 12.6. The standard InChI is InChI=1S/C22H24ClN5O2S/c1-2-30-19-12-6-4-10-17(19)24-20(29)15-31-22-26-25-21(27-13-7-8-14-27)28(22)18-11-5-3-9-16(18)23/h3-6,9-12H,2,7-8,13-15H2,1H3,(H,24,29). The molecule has 1 fully saturated rings. The number of hydrogen-bond donors (Lipinski definition) is 1. The third-order valence-electron chi connectivity index (χ3n) is 4.89. The molecule has 0 saturated carbocycles. The minimum absolute atomic E-state index is 0.145. The highest BCUT2D eigenvalue weighted by Crippen LogP contribution is 2.32. The molecule has 9 heteroatoms. The van der Waals surface area contributed by atoms with E-state index in [1.165, 1.54) is 11.8 Å². The predicted octanol–water partition coefficient (Wildman–Crippen LogP) is 4.65. The molecule has 3 aromatic rings. The van der Waals surface area contributed by atoms with Gasteiger partial charge >= 0.3 is 0 Å². The fraction of sp³-hybridized carbons (Fsp3) is 0.318. The van der Waals surface area contributed by atoms with Crippen LogP contribution in [0.25, 0.3) is 5.69 Å². The number of nitrogens with one attached hydrogen (secondary N) is 1. The Morgan fingerprint density at radius 1 is 1.13 bits per heavy atom. The second-order valence-electron chi connectivity index (χ2n) is 7.03. The average molecular weight is 458 g/mol. The number of benzene rings is 2. The van der Waals surface area contributed by atoms with Gasteiger partial charge in [-0.1, -0.05) is 47.6 Å². The number of rotatable bonds is 8. The van der Waals surface area contributed by atoms with Crippen LogP contribution in [0.15, 0.2) is 53.7 Å². The molecule has 1 aliphatic heterocycles. The van der Waals surface area contributed by atoms with E-state index in [1.54, 1.807) is 0 Å². The van der Waals surface area contributed by atoms with E-state index >= 15 is 0 Å². The number of halogens is 1. The number of hydrogen-bond acceptors (Lipinski definition) is 6. The summed E-state index contributed by atoms with van der Waals surface area (Å²) in [6, 6.07) is 15.0. The molecule has 31 heavy (non-hydrogen) atoms. The van der Waals surface area contributed by atoms with Gasteiger partial charge in [-0.3, -0.25) is 9.36 Å². The molecule has 1 N–H and O–H groups in total. The van der Waals surface area contributed by atoms with Gasteiger partial charge in [0.15, 0.2) is 5.16 Å². The largest absolute Gasteiger partial charge is 0.492 e. The first kappa shape index (κ1) is 21.5. The maximum atomic E-state index is 12.6. The van der Waals surface area contributed by atoms with E-state index in [1.807, 2.05) is 60.0 Å². The number of anilines is 2. The van der Waals surface area contributed by atoms with Crippen LogP contribution in [-0.4, -0.2) is 46.1 Å². The van der Waals surface area contributed by atoms with E-state index in [4.69, 9.17) is 16.3 Å². The molecule has 4 rings (SSSR count). The molecule has 7 nitrogen and oxygen atoms in total. The minimum atomic E-state index is -0.145. The number of carbonyl (C=O) groups excluding carboxylic acids is 1. The Morgan fingerprint density at radius 2 is 1.87 bits per heavy atom. The number of carbonyl (C=O) groups is 1. The average Bonchev–Trinajstić information content (AvgIpc) is 3.44. The molecular formula is C22H24ClN5O2S. The number of ether oxygens (including phenoxy) is 1. The molecule has 0 bridgehead atoms. The zero-order valence-corrected chi connectivity index (χ0v) is 18.8. The normalized spacial score (nSPS) is 13.4. The molecule has 2 heterocycles. The number of aromatic nitrogens is 3. The highest BCUT2D eigenvalue weighted by Gasteiger charge is 2.24. The van der Waals surface area contributed by atoms with Crippen molar-refractivity contribution >= 4 is 40.9 Å². The molecule has 1 aliphatic rings. The molecule has 0 aliphatic carbocycles. The first-order valence-corrected chi connectivity index (χ1v) is 11.6.